The Hall–Kier alpha value is -1.84. The fourth-order valence-corrected chi connectivity index (χ4v) is 2.23. The van der Waals surface area contributed by atoms with Crippen LogP contribution in [0.15, 0.2) is 12.1 Å². The van der Waals surface area contributed by atoms with E-state index in [1.165, 1.54) is 0 Å². The summed E-state index contributed by atoms with van der Waals surface area (Å²) in [6, 6.07) is 3.54. The lowest BCUT2D eigenvalue weighted by atomic mass is 9.96. The fraction of sp³-hybridized carbons (Fsp3) is 0.500. The van der Waals surface area contributed by atoms with Gasteiger partial charge in [0.05, 0.1) is 11.1 Å². The summed E-state index contributed by atoms with van der Waals surface area (Å²) in [5.74, 6) is -0.877. The van der Waals surface area contributed by atoms with Gasteiger partial charge < -0.3 is 10.0 Å². The quantitative estimate of drug-likeness (QED) is 0.899. The zero-order valence-electron chi connectivity index (χ0n) is 12.9. The van der Waals surface area contributed by atoms with Crippen molar-refractivity contribution in [3.05, 3.63) is 34.4 Å². The lowest BCUT2D eigenvalue weighted by Crippen LogP contribution is -2.32. The van der Waals surface area contributed by atoms with Gasteiger partial charge >= 0.3 is 5.97 Å². The number of carboxylic acids is 1. The summed E-state index contributed by atoms with van der Waals surface area (Å²) < 4.78 is 0. The van der Waals surface area contributed by atoms with Gasteiger partial charge in [-0.15, -0.1) is 0 Å². The fourth-order valence-electron chi connectivity index (χ4n) is 2.23. The highest BCUT2D eigenvalue weighted by Crippen LogP contribution is 2.21. The highest BCUT2D eigenvalue weighted by Gasteiger charge is 2.24. The lowest BCUT2D eigenvalue weighted by molar-refractivity contribution is 0.0677. The molecule has 1 rings (SSSR count). The number of carbonyl (C=O) groups excluding carboxylic acids is 1. The molecule has 4 heteroatoms. The molecule has 1 N–H and O–H groups in total. The number of rotatable bonds is 5. The highest BCUT2D eigenvalue weighted by atomic mass is 16.4. The summed E-state index contributed by atoms with van der Waals surface area (Å²) in [7, 11) is 1.72. The summed E-state index contributed by atoms with van der Waals surface area (Å²) in [6.45, 7) is 8.26. The van der Waals surface area contributed by atoms with Gasteiger partial charge in [0, 0.05) is 13.6 Å². The van der Waals surface area contributed by atoms with Gasteiger partial charge in [-0.1, -0.05) is 32.4 Å². The maximum absolute atomic E-state index is 12.6. The Labute approximate surface area is 120 Å². The maximum atomic E-state index is 12.6. The first-order chi connectivity index (χ1) is 9.29. The molecule has 0 spiro atoms. The van der Waals surface area contributed by atoms with Crippen molar-refractivity contribution in [3.8, 4) is 0 Å². The smallest absolute Gasteiger partial charge is 0.336 e. The van der Waals surface area contributed by atoms with Crippen molar-refractivity contribution in [2.24, 2.45) is 5.92 Å². The van der Waals surface area contributed by atoms with E-state index < -0.39 is 5.97 Å². The van der Waals surface area contributed by atoms with Gasteiger partial charge in [0.2, 0.25) is 0 Å². The van der Waals surface area contributed by atoms with Crippen LogP contribution in [0.2, 0.25) is 0 Å². The normalized spacial score (nSPS) is 12.1. The molecule has 0 heterocycles. The lowest BCUT2D eigenvalue weighted by Gasteiger charge is -2.23. The minimum atomic E-state index is -1.05. The molecule has 4 nitrogen and oxygen atoms in total. The zero-order chi connectivity index (χ0) is 15.4. The van der Waals surface area contributed by atoms with Crippen molar-refractivity contribution in [3.63, 3.8) is 0 Å². The summed E-state index contributed by atoms with van der Waals surface area (Å²) in [5.41, 5.74) is 1.74. The zero-order valence-corrected chi connectivity index (χ0v) is 12.9. The monoisotopic (exact) mass is 277 g/mol. The van der Waals surface area contributed by atoms with Crippen molar-refractivity contribution < 1.29 is 14.7 Å². The number of hydrogen-bond acceptors (Lipinski definition) is 2. The Morgan fingerprint density at radius 2 is 1.70 bits per heavy atom. The minimum Gasteiger partial charge on any atom is -0.478 e. The summed E-state index contributed by atoms with van der Waals surface area (Å²) in [4.78, 5) is 25.6. The minimum absolute atomic E-state index is 0.117. The molecule has 0 bridgehead atoms. The largest absolute Gasteiger partial charge is 0.478 e. The maximum Gasteiger partial charge on any atom is 0.336 e. The molecule has 1 aromatic carbocycles. The number of carboxylic acid groups (broad SMARTS) is 1. The van der Waals surface area contributed by atoms with Gasteiger partial charge in [0.15, 0.2) is 0 Å². The van der Waals surface area contributed by atoms with E-state index in [0.717, 1.165) is 6.42 Å². The van der Waals surface area contributed by atoms with Crippen LogP contribution < -0.4 is 0 Å². The first-order valence-corrected chi connectivity index (χ1v) is 6.88. The van der Waals surface area contributed by atoms with Crippen molar-refractivity contribution in [1.29, 1.82) is 0 Å². The number of aryl methyl sites for hydroxylation is 2. The van der Waals surface area contributed by atoms with E-state index in [9.17, 15) is 14.7 Å². The summed E-state index contributed by atoms with van der Waals surface area (Å²) in [6.07, 6.45) is 0.982. The molecule has 0 fully saturated rings. The number of nitrogens with zero attached hydrogens (tertiary/aromatic N) is 1. The van der Waals surface area contributed by atoms with Crippen LogP contribution in [0.25, 0.3) is 0 Å². The van der Waals surface area contributed by atoms with Crippen LogP contribution in [0.4, 0.5) is 0 Å². The summed E-state index contributed by atoms with van der Waals surface area (Å²) in [5, 5.41) is 9.36. The molecular formula is C16H23NO3. The first-order valence-electron chi connectivity index (χ1n) is 6.88. The van der Waals surface area contributed by atoms with Crippen LogP contribution >= 0.6 is 0 Å². The van der Waals surface area contributed by atoms with Crippen LogP contribution in [0.5, 0.6) is 0 Å². The Morgan fingerprint density at radius 3 is 2.15 bits per heavy atom. The van der Waals surface area contributed by atoms with Gasteiger partial charge in [-0.2, -0.15) is 0 Å². The van der Waals surface area contributed by atoms with Gasteiger partial charge in [-0.3, -0.25) is 4.79 Å². The van der Waals surface area contributed by atoms with Crippen molar-refractivity contribution in [1.82, 2.24) is 4.90 Å². The molecule has 20 heavy (non-hydrogen) atoms. The average molecular weight is 277 g/mol. The van der Waals surface area contributed by atoms with Crippen LogP contribution in [-0.2, 0) is 0 Å². The molecule has 1 atom stereocenters. The van der Waals surface area contributed by atoms with Crippen molar-refractivity contribution >= 4 is 11.9 Å². The SMILES string of the molecule is CCC(C)CN(C)C(=O)c1c(C)ccc(C)c1C(=O)O. The standard InChI is InChI=1S/C16H23NO3/c1-6-10(2)9-17(5)15(18)13-11(3)7-8-12(4)14(13)16(19)20/h7-8,10H,6,9H2,1-5H3,(H,19,20). The van der Waals surface area contributed by atoms with Crippen molar-refractivity contribution in [2.45, 2.75) is 34.1 Å². The van der Waals surface area contributed by atoms with E-state index in [4.69, 9.17) is 0 Å². The highest BCUT2D eigenvalue weighted by molar-refractivity contribution is 6.06. The van der Waals surface area contributed by atoms with Gasteiger partial charge in [0.1, 0.15) is 0 Å². The molecule has 110 valence electrons. The van der Waals surface area contributed by atoms with Crippen LogP contribution in [0.1, 0.15) is 52.1 Å². The van der Waals surface area contributed by atoms with Crippen molar-refractivity contribution in [2.75, 3.05) is 13.6 Å². The second-order valence-electron chi connectivity index (χ2n) is 5.45. The van der Waals surface area contributed by atoms with Gasteiger partial charge in [-0.05, 0) is 30.9 Å². The van der Waals surface area contributed by atoms with E-state index >= 15 is 0 Å². The Kier molecular flexibility index (Phi) is 5.31. The molecule has 1 amide bonds. The Balaban J connectivity index is 3.21. The van der Waals surface area contributed by atoms with E-state index in [2.05, 4.69) is 13.8 Å². The molecule has 0 aliphatic carbocycles. The van der Waals surface area contributed by atoms with E-state index in [-0.39, 0.29) is 11.5 Å². The third kappa shape index (κ3) is 3.38. The first kappa shape index (κ1) is 16.2. The molecule has 0 saturated carbocycles. The number of benzene rings is 1. The predicted molar refractivity (Wildman–Crippen MR) is 79.3 cm³/mol. The third-order valence-corrected chi connectivity index (χ3v) is 3.68. The van der Waals surface area contributed by atoms with Gasteiger partial charge in [0.25, 0.3) is 5.91 Å². The number of amides is 1. The molecule has 1 aromatic rings. The number of aromatic carboxylic acids is 1. The van der Waals surface area contributed by atoms with E-state index in [1.807, 2.05) is 0 Å². The van der Waals surface area contributed by atoms with Crippen LogP contribution in [0.3, 0.4) is 0 Å². The molecule has 0 aliphatic heterocycles. The van der Waals surface area contributed by atoms with E-state index in [1.54, 1.807) is 37.9 Å². The average Bonchev–Trinajstić information content (AvgIpc) is 2.39. The second kappa shape index (κ2) is 6.55. The topological polar surface area (TPSA) is 57.6 Å². The van der Waals surface area contributed by atoms with E-state index in [0.29, 0.717) is 29.2 Å². The Bertz CT molecular complexity index is 523. The molecular weight excluding hydrogens is 254 g/mol. The molecule has 1 unspecified atom stereocenters. The number of carbonyl (C=O) groups is 2. The predicted octanol–water partition coefficient (Wildman–Crippen LogP) is 3.12. The summed E-state index contributed by atoms with van der Waals surface area (Å²) >= 11 is 0. The second-order valence-corrected chi connectivity index (χ2v) is 5.45. The number of hydrogen-bond donors (Lipinski definition) is 1. The van der Waals surface area contributed by atoms with Gasteiger partial charge in [-0.25, -0.2) is 4.79 Å². The van der Waals surface area contributed by atoms with Crippen LogP contribution in [-0.4, -0.2) is 35.5 Å². The molecule has 0 aliphatic rings. The third-order valence-electron chi connectivity index (χ3n) is 3.68. The molecule has 0 saturated heterocycles. The molecule has 0 aromatic heterocycles. The Morgan fingerprint density at radius 1 is 1.20 bits per heavy atom. The molecule has 0 radical (unpaired) electrons. The van der Waals surface area contributed by atoms with Crippen LogP contribution in [0, 0.1) is 19.8 Å².